The molecule has 8 nitrogen and oxygen atoms in total. The molecule has 232 valence electrons. The molecule has 0 spiro atoms. The van der Waals surface area contributed by atoms with Crippen molar-refractivity contribution in [1.82, 2.24) is 14.8 Å². The summed E-state index contributed by atoms with van der Waals surface area (Å²) in [5, 5.41) is 3.18. The van der Waals surface area contributed by atoms with Gasteiger partial charge in [0.1, 0.15) is 11.4 Å². The summed E-state index contributed by atoms with van der Waals surface area (Å²) in [7, 11) is 0.614. The molecule has 3 rings (SSSR count). The quantitative estimate of drug-likeness (QED) is 0.383. The number of allylic oxidation sites excluding steroid dienone is 3. The van der Waals surface area contributed by atoms with Crippen LogP contribution in [-0.2, 0) is 29.0 Å². The Bertz CT molecular complexity index is 1350. The first kappa shape index (κ1) is 33.4. The average molecular weight is 603 g/mol. The van der Waals surface area contributed by atoms with Crippen molar-refractivity contribution >= 4 is 22.7 Å². The third-order valence-electron chi connectivity index (χ3n) is 8.03. The molecule has 1 aliphatic carbocycles. The summed E-state index contributed by atoms with van der Waals surface area (Å²) < 4.78 is 33.3. The Morgan fingerprint density at radius 2 is 1.81 bits per heavy atom. The molecule has 10 heteroatoms. The SMILES string of the molecule is CCc1cc(N2CCN(C(=O)OC3(C)CC3)CC2)n(C)c(=O)ccc(C)cc1[C@@H](C)N/C(=C/C=C(\C)F)C(C)S(C)=O. The number of hydrogen-bond acceptors (Lipinski definition) is 6. The molecule has 1 saturated carbocycles. The normalized spacial score (nSPS) is 19.0. The highest BCUT2D eigenvalue weighted by Gasteiger charge is 2.43. The van der Waals surface area contributed by atoms with Crippen molar-refractivity contribution in [2.45, 2.75) is 77.7 Å². The van der Waals surface area contributed by atoms with E-state index in [0.717, 1.165) is 35.3 Å². The zero-order valence-corrected chi connectivity index (χ0v) is 27.1. The van der Waals surface area contributed by atoms with Crippen LogP contribution in [0.15, 0.2) is 52.7 Å². The van der Waals surface area contributed by atoms with Crippen molar-refractivity contribution in [2.75, 3.05) is 37.3 Å². The van der Waals surface area contributed by atoms with E-state index in [2.05, 4.69) is 29.3 Å². The second-order valence-corrected chi connectivity index (χ2v) is 13.3. The van der Waals surface area contributed by atoms with Gasteiger partial charge >= 0.3 is 6.09 Å². The molecule has 1 aromatic heterocycles. The lowest BCUT2D eigenvalue weighted by molar-refractivity contribution is 0.0570. The number of piperazine rings is 1. The molecule has 2 fully saturated rings. The first-order chi connectivity index (χ1) is 19.7. The van der Waals surface area contributed by atoms with Gasteiger partial charge in [0, 0.05) is 68.1 Å². The number of carbonyl (C=O) groups is 1. The van der Waals surface area contributed by atoms with Gasteiger partial charge in [-0.25, -0.2) is 9.18 Å². The largest absolute Gasteiger partial charge is 0.443 e. The molecule has 2 unspecified atom stereocenters. The molecule has 0 radical (unpaired) electrons. The highest BCUT2D eigenvalue weighted by atomic mass is 32.2. The van der Waals surface area contributed by atoms with Gasteiger partial charge in [-0.2, -0.15) is 0 Å². The summed E-state index contributed by atoms with van der Waals surface area (Å²) >= 11 is 0. The standard InChI is InChI=1S/C32H47FN4O4S/c1-9-26-21-29(36-16-18-37(19-17-36)31(39)41-32(6)14-15-32)35(7)30(38)13-10-22(2)20-27(26)24(4)34-28(12-11-23(3)33)25(5)42(8)40/h10-13,20-21,24-25,34H,9,14-19H2,1-8H3/b13-10?,22-20?,23-11+,27-26?,28-12+,29-21?/t24-,25?,42?/m1/s1. The first-order valence-electron chi connectivity index (χ1n) is 14.7. The van der Waals surface area contributed by atoms with Crippen molar-refractivity contribution in [3.05, 3.63) is 75.0 Å². The fourth-order valence-corrected chi connectivity index (χ4v) is 5.35. The number of rotatable bonds is 9. The zero-order chi connectivity index (χ0) is 31.2. The number of aromatic nitrogens is 1. The number of anilines is 1. The molecular weight excluding hydrogens is 555 g/mol. The van der Waals surface area contributed by atoms with Crippen LogP contribution >= 0.6 is 0 Å². The van der Waals surface area contributed by atoms with Gasteiger partial charge in [0.2, 0.25) is 0 Å². The summed E-state index contributed by atoms with van der Waals surface area (Å²) in [6.45, 7) is 13.4. The van der Waals surface area contributed by atoms with Crippen molar-refractivity contribution in [1.29, 1.82) is 0 Å². The van der Waals surface area contributed by atoms with E-state index in [1.165, 1.54) is 13.0 Å². The van der Waals surface area contributed by atoms with Crippen LogP contribution in [0.25, 0.3) is 0 Å². The number of hydrogen-bond donors (Lipinski definition) is 1. The van der Waals surface area contributed by atoms with E-state index in [9.17, 15) is 18.2 Å². The van der Waals surface area contributed by atoms with E-state index in [1.54, 1.807) is 34.9 Å². The molecular formula is C32H47FN4O4S. The van der Waals surface area contributed by atoms with Crippen LogP contribution in [-0.4, -0.2) is 63.1 Å². The van der Waals surface area contributed by atoms with Crippen LogP contribution in [0, 0.1) is 6.92 Å². The topological polar surface area (TPSA) is 83.9 Å². The molecule has 0 bridgehead atoms. The Morgan fingerprint density at radius 1 is 1.17 bits per heavy atom. The van der Waals surface area contributed by atoms with E-state index < -0.39 is 10.8 Å². The monoisotopic (exact) mass is 602 g/mol. The number of halogens is 1. The Hall–Kier alpha value is -3.14. The van der Waals surface area contributed by atoms with Crippen LogP contribution in [0.1, 0.15) is 70.2 Å². The number of nitrogens with one attached hydrogen (secondary N) is 1. The number of aryl methyl sites for hydroxylation is 2. The number of ether oxygens (including phenoxy) is 1. The first-order valence-corrected chi connectivity index (χ1v) is 16.3. The van der Waals surface area contributed by atoms with Crippen LogP contribution in [0.3, 0.4) is 0 Å². The molecule has 3 atom stereocenters. The fourth-order valence-electron chi connectivity index (χ4n) is 4.85. The van der Waals surface area contributed by atoms with Gasteiger partial charge in [-0.3, -0.25) is 13.6 Å². The Morgan fingerprint density at radius 3 is 2.36 bits per heavy atom. The maximum Gasteiger partial charge on any atom is 0.410 e. The molecule has 1 saturated heterocycles. The molecule has 1 amide bonds. The van der Waals surface area contributed by atoms with E-state index in [4.69, 9.17) is 4.74 Å². The van der Waals surface area contributed by atoms with Crippen LogP contribution in [0.2, 0.25) is 0 Å². The molecule has 0 aromatic carbocycles. The van der Waals surface area contributed by atoms with Crippen molar-refractivity contribution in [3.63, 3.8) is 0 Å². The lowest BCUT2D eigenvalue weighted by atomic mass is 9.99. The minimum absolute atomic E-state index is 0.138. The number of carbonyl (C=O) groups excluding carboxylic acids is 1. The lowest BCUT2D eigenvalue weighted by Crippen LogP contribution is -2.50. The van der Waals surface area contributed by atoms with Gasteiger partial charge in [-0.05, 0) is 83.2 Å². The van der Waals surface area contributed by atoms with Gasteiger partial charge in [0.05, 0.1) is 11.1 Å². The van der Waals surface area contributed by atoms with E-state index in [1.807, 2.05) is 33.8 Å². The summed E-state index contributed by atoms with van der Waals surface area (Å²) in [6.07, 6.45) is 6.90. The molecule has 2 heterocycles. The minimum atomic E-state index is -1.16. The second kappa shape index (κ2) is 14.4. The predicted molar refractivity (Wildman–Crippen MR) is 169 cm³/mol. The van der Waals surface area contributed by atoms with Crippen LogP contribution in [0.5, 0.6) is 0 Å². The molecule has 1 aromatic rings. The average Bonchev–Trinajstić information content (AvgIpc) is 3.68. The highest BCUT2D eigenvalue weighted by molar-refractivity contribution is 7.85. The molecule has 1 N–H and O–H groups in total. The summed E-state index contributed by atoms with van der Waals surface area (Å²) in [5.41, 5.74) is 3.18. The maximum absolute atomic E-state index is 13.6. The second-order valence-electron chi connectivity index (χ2n) is 11.6. The Kier molecular flexibility index (Phi) is 11.4. The summed E-state index contributed by atoms with van der Waals surface area (Å²) in [4.78, 5) is 29.7. The van der Waals surface area contributed by atoms with Crippen molar-refractivity contribution < 1.29 is 18.1 Å². The van der Waals surface area contributed by atoms with Crippen LogP contribution < -0.4 is 15.8 Å². The zero-order valence-electron chi connectivity index (χ0n) is 26.3. The van der Waals surface area contributed by atoms with Gasteiger partial charge in [0.15, 0.2) is 0 Å². The third-order valence-corrected chi connectivity index (χ3v) is 9.28. The minimum Gasteiger partial charge on any atom is -0.443 e. The van der Waals surface area contributed by atoms with Gasteiger partial charge in [0.25, 0.3) is 5.56 Å². The Labute approximate surface area is 252 Å². The molecule has 2 aliphatic rings. The predicted octanol–water partition coefficient (Wildman–Crippen LogP) is 5.37. The van der Waals surface area contributed by atoms with Crippen molar-refractivity contribution in [3.8, 4) is 0 Å². The van der Waals surface area contributed by atoms with Crippen molar-refractivity contribution in [2.24, 2.45) is 7.05 Å². The van der Waals surface area contributed by atoms with E-state index >= 15 is 0 Å². The fraction of sp³-hybridized carbons (Fsp3) is 0.562. The Balaban J connectivity index is 2.03. The smallest absolute Gasteiger partial charge is 0.410 e. The third kappa shape index (κ3) is 8.93. The van der Waals surface area contributed by atoms with Gasteiger partial charge < -0.3 is 19.9 Å². The van der Waals surface area contributed by atoms with E-state index in [-0.39, 0.29) is 34.4 Å². The van der Waals surface area contributed by atoms with Crippen LogP contribution in [0.4, 0.5) is 15.0 Å². The van der Waals surface area contributed by atoms with Gasteiger partial charge in [-0.15, -0.1) is 0 Å². The van der Waals surface area contributed by atoms with Gasteiger partial charge in [-0.1, -0.05) is 24.6 Å². The summed E-state index contributed by atoms with van der Waals surface area (Å²) in [6, 6.07) is 7.29. The summed E-state index contributed by atoms with van der Waals surface area (Å²) in [5.74, 6) is 0.426. The van der Waals surface area contributed by atoms with E-state index in [0.29, 0.717) is 38.3 Å². The molecule has 1 aliphatic heterocycles. The maximum atomic E-state index is 13.6. The molecule has 42 heavy (non-hydrogen) atoms. The number of amides is 1. The number of nitrogens with zero attached hydrogens (tertiary/aromatic N) is 3. The lowest BCUT2D eigenvalue weighted by Gasteiger charge is -2.36. The highest BCUT2D eigenvalue weighted by Crippen LogP contribution is 2.39.